The van der Waals surface area contributed by atoms with Crippen LogP contribution in [0.4, 0.5) is 5.69 Å². The number of esters is 1. The number of para-hydroxylation sites is 1. The van der Waals surface area contributed by atoms with Gasteiger partial charge in [-0.1, -0.05) is 42.0 Å². The average molecular weight is 390 g/mol. The largest absolute Gasteiger partial charge is 0.465 e. The predicted octanol–water partition coefficient (Wildman–Crippen LogP) is 3.27. The Labute approximate surface area is 169 Å². The van der Waals surface area contributed by atoms with E-state index >= 15 is 0 Å². The first kappa shape index (κ1) is 20.1. The third kappa shape index (κ3) is 4.43. The molecule has 0 unspecified atom stereocenters. The molecule has 0 spiro atoms. The standard InChI is InChI=1S/C23H22N2O4/c1-16-7-6-8-17(13-16)14-25-15-18(11-12-21(25)26)22(27)24(2)20-10-5-4-9-19(20)23(28)29-3/h4-13,15H,14H2,1-3H3. The van der Waals surface area contributed by atoms with E-state index in [1.807, 2.05) is 31.2 Å². The van der Waals surface area contributed by atoms with Crippen LogP contribution in [0, 0.1) is 6.92 Å². The van der Waals surface area contributed by atoms with Crippen molar-refractivity contribution in [2.24, 2.45) is 0 Å². The van der Waals surface area contributed by atoms with Crippen molar-refractivity contribution in [2.45, 2.75) is 13.5 Å². The normalized spacial score (nSPS) is 10.4. The number of hydrogen-bond donors (Lipinski definition) is 0. The molecule has 0 aliphatic heterocycles. The number of hydrogen-bond acceptors (Lipinski definition) is 4. The van der Waals surface area contributed by atoms with Gasteiger partial charge >= 0.3 is 5.97 Å². The van der Waals surface area contributed by atoms with Crippen molar-refractivity contribution in [3.05, 3.63) is 99.5 Å². The Morgan fingerprint density at radius 2 is 1.79 bits per heavy atom. The summed E-state index contributed by atoms with van der Waals surface area (Å²) in [6, 6.07) is 17.4. The van der Waals surface area contributed by atoms with Crippen LogP contribution in [0.1, 0.15) is 31.8 Å². The van der Waals surface area contributed by atoms with Crippen molar-refractivity contribution in [3.8, 4) is 0 Å². The molecule has 1 heterocycles. The van der Waals surface area contributed by atoms with Crippen LogP contribution in [0.3, 0.4) is 0 Å². The summed E-state index contributed by atoms with van der Waals surface area (Å²) < 4.78 is 6.30. The fourth-order valence-corrected chi connectivity index (χ4v) is 3.14. The monoisotopic (exact) mass is 390 g/mol. The highest BCUT2D eigenvalue weighted by Gasteiger charge is 2.20. The highest BCUT2D eigenvalue weighted by Crippen LogP contribution is 2.21. The molecule has 0 atom stereocenters. The van der Waals surface area contributed by atoms with Crippen LogP contribution in [0.5, 0.6) is 0 Å². The van der Waals surface area contributed by atoms with Gasteiger partial charge in [0.15, 0.2) is 0 Å². The zero-order chi connectivity index (χ0) is 21.0. The number of nitrogens with zero attached hydrogens (tertiary/aromatic N) is 2. The van der Waals surface area contributed by atoms with E-state index in [2.05, 4.69) is 0 Å². The molecule has 0 fully saturated rings. The first-order chi connectivity index (χ1) is 13.9. The zero-order valence-electron chi connectivity index (χ0n) is 16.6. The summed E-state index contributed by atoms with van der Waals surface area (Å²) >= 11 is 0. The first-order valence-electron chi connectivity index (χ1n) is 9.12. The minimum atomic E-state index is -0.523. The number of carbonyl (C=O) groups is 2. The van der Waals surface area contributed by atoms with Gasteiger partial charge in [0.1, 0.15) is 0 Å². The van der Waals surface area contributed by atoms with Crippen molar-refractivity contribution >= 4 is 17.6 Å². The molecular formula is C23H22N2O4. The molecule has 0 saturated carbocycles. The third-order valence-corrected chi connectivity index (χ3v) is 4.64. The molecule has 2 aromatic carbocycles. The number of benzene rings is 2. The van der Waals surface area contributed by atoms with Gasteiger partial charge in [0.25, 0.3) is 11.5 Å². The summed E-state index contributed by atoms with van der Waals surface area (Å²) in [5.41, 5.74) is 2.95. The molecule has 29 heavy (non-hydrogen) atoms. The maximum Gasteiger partial charge on any atom is 0.339 e. The van der Waals surface area contributed by atoms with Crippen molar-refractivity contribution in [2.75, 3.05) is 19.1 Å². The second kappa shape index (κ2) is 8.56. The quantitative estimate of drug-likeness (QED) is 0.627. The molecule has 1 amide bonds. The Balaban J connectivity index is 1.92. The molecule has 0 N–H and O–H groups in total. The Kier molecular flexibility index (Phi) is 5.93. The molecule has 0 aliphatic carbocycles. The zero-order valence-corrected chi connectivity index (χ0v) is 16.6. The Morgan fingerprint density at radius 3 is 2.52 bits per heavy atom. The Hall–Kier alpha value is -3.67. The second-order valence-corrected chi connectivity index (χ2v) is 6.75. The number of aromatic nitrogens is 1. The van der Waals surface area contributed by atoms with Crippen LogP contribution in [0.2, 0.25) is 0 Å². The van der Waals surface area contributed by atoms with Gasteiger partial charge in [-0.3, -0.25) is 9.59 Å². The molecule has 1 aromatic heterocycles. The third-order valence-electron chi connectivity index (χ3n) is 4.64. The Morgan fingerprint density at radius 1 is 1.03 bits per heavy atom. The lowest BCUT2D eigenvalue weighted by molar-refractivity contribution is 0.0601. The van der Waals surface area contributed by atoms with E-state index in [-0.39, 0.29) is 11.5 Å². The van der Waals surface area contributed by atoms with Crippen LogP contribution in [0.15, 0.2) is 71.7 Å². The second-order valence-electron chi connectivity index (χ2n) is 6.75. The maximum atomic E-state index is 13.0. The van der Waals surface area contributed by atoms with E-state index in [0.717, 1.165) is 11.1 Å². The summed E-state index contributed by atoms with van der Waals surface area (Å²) in [6.45, 7) is 2.35. The van der Waals surface area contributed by atoms with Crippen LogP contribution in [-0.4, -0.2) is 30.6 Å². The number of ether oxygens (including phenoxy) is 1. The lowest BCUT2D eigenvalue weighted by Gasteiger charge is -2.20. The van der Waals surface area contributed by atoms with Gasteiger partial charge in [-0.2, -0.15) is 0 Å². The topological polar surface area (TPSA) is 68.6 Å². The van der Waals surface area contributed by atoms with Crippen molar-refractivity contribution in [3.63, 3.8) is 0 Å². The number of methoxy groups -OCH3 is 1. The van der Waals surface area contributed by atoms with Gasteiger partial charge in [0.2, 0.25) is 0 Å². The maximum absolute atomic E-state index is 13.0. The molecule has 3 aromatic rings. The molecule has 148 valence electrons. The summed E-state index contributed by atoms with van der Waals surface area (Å²) in [6.07, 6.45) is 1.55. The van der Waals surface area contributed by atoms with Crippen LogP contribution < -0.4 is 10.5 Å². The summed E-state index contributed by atoms with van der Waals surface area (Å²) in [5, 5.41) is 0. The molecular weight excluding hydrogens is 368 g/mol. The van der Waals surface area contributed by atoms with E-state index in [4.69, 9.17) is 4.74 Å². The molecule has 3 rings (SSSR count). The van der Waals surface area contributed by atoms with Gasteiger partial charge in [0, 0.05) is 19.3 Å². The highest BCUT2D eigenvalue weighted by molar-refractivity contribution is 6.09. The number of carbonyl (C=O) groups excluding carboxylic acids is 2. The SMILES string of the molecule is COC(=O)c1ccccc1N(C)C(=O)c1ccc(=O)n(Cc2cccc(C)c2)c1. The number of aryl methyl sites for hydroxylation is 1. The molecule has 6 nitrogen and oxygen atoms in total. The number of anilines is 1. The van der Waals surface area contributed by atoms with E-state index in [0.29, 0.717) is 23.4 Å². The van der Waals surface area contributed by atoms with Gasteiger partial charge < -0.3 is 14.2 Å². The van der Waals surface area contributed by atoms with Crippen molar-refractivity contribution in [1.29, 1.82) is 0 Å². The van der Waals surface area contributed by atoms with Gasteiger partial charge in [-0.25, -0.2) is 4.79 Å². The summed E-state index contributed by atoms with van der Waals surface area (Å²) in [7, 11) is 2.88. The predicted molar refractivity (Wildman–Crippen MR) is 111 cm³/mol. The number of pyridine rings is 1. The Bertz CT molecular complexity index is 1120. The first-order valence-corrected chi connectivity index (χ1v) is 9.12. The summed E-state index contributed by atoms with van der Waals surface area (Å²) in [4.78, 5) is 38.7. The smallest absolute Gasteiger partial charge is 0.339 e. The van der Waals surface area contributed by atoms with Gasteiger partial charge in [-0.15, -0.1) is 0 Å². The fourth-order valence-electron chi connectivity index (χ4n) is 3.14. The molecule has 0 bridgehead atoms. The van der Waals surface area contributed by atoms with Crippen LogP contribution in [0.25, 0.3) is 0 Å². The molecule has 0 saturated heterocycles. The lowest BCUT2D eigenvalue weighted by Crippen LogP contribution is -2.30. The lowest BCUT2D eigenvalue weighted by atomic mass is 10.1. The van der Waals surface area contributed by atoms with Gasteiger partial charge in [-0.05, 0) is 30.7 Å². The van der Waals surface area contributed by atoms with E-state index in [1.54, 1.807) is 37.5 Å². The summed E-state index contributed by atoms with van der Waals surface area (Å²) in [5.74, 6) is -0.857. The van der Waals surface area contributed by atoms with E-state index in [9.17, 15) is 14.4 Å². The van der Waals surface area contributed by atoms with E-state index in [1.165, 1.54) is 28.7 Å². The highest BCUT2D eigenvalue weighted by atomic mass is 16.5. The average Bonchev–Trinajstić information content (AvgIpc) is 2.73. The van der Waals surface area contributed by atoms with Crippen LogP contribution >= 0.6 is 0 Å². The van der Waals surface area contributed by atoms with E-state index < -0.39 is 5.97 Å². The van der Waals surface area contributed by atoms with Crippen molar-refractivity contribution < 1.29 is 14.3 Å². The van der Waals surface area contributed by atoms with Crippen LogP contribution in [-0.2, 0) is 11.3 Å². The van der Waals surface area contributed by atoms with Gasteiger partial charge in [0.05, 0.1) is 30.5 Å². The molecule has 0 aliphatic rings. The molecule has 0 radical (unpaired) electrons. The molecule has 6 heteroatoms. The fraction of sp³-hybridized carbons (Fsp3) is 0.174. The number of amides is 1. The minimum Gasteiger partial charge on any atom is -0.465 e. The minimum absolute atomic E-state index is 0.194. The number of rotatable bonds is 5. The van der Waals surface area contributed by atoms with Crippen molar-refractivity contribution in [1.82, 2.24) is 4.57 Å².